The largest absolute Gasteiger partial charge is 0.333 e. The maximum absolute atomic E-state index is 5.91. The topological polar surface area (TPSA) is 43.8 Å². The van der Waals surface area contributed by atoms with Crippen LogP contribution in [0.1, 0.15) is 75.3 Å². The summed E-state index contributed by atoms with van der Waals surface area (Å²) in [4.78, 5) is 4.85. The van der Waals surface area contributed by atoms with Gasteiger partial charge in [-0.3, -0.25) is 0 Å². The van der Waals surface area contributed by atoms with Gasteiger partial charge in [-0.1, -0.05) is 108 Å². The molecule has 0 saturated heterocycles. The second-order valence-electron chi connectivity index (χ2n) is 9.97. The van der Waals surface area contributed by atoms with Gasteiger partial charge >= 0.3 is 0 Å². The highest BCUT2D eigenvalue weighted by Crippen LogP contribution is 2.29. The number of pyridine rings is 1. The van der Waals surface area contributed by atoms with E-state index in [4.69, 9.17) is 11.4 Å². The van der Waals surface area contributed by atoms with Crippen molar-refractivity contribution in [3.8, 4) is 29.3 Å². The fourth-order valence-electron chi connectivity index (χ4n) is 4.73. The van der Waals surface area contributed by atoms with E-state index in [0.717, 1.165) is 60.2 Å². The lowest BCUT2D eigenvalue weighted by Gasteiger charge is -2.14. The number of benzene rings is 2. The molecule has 0 aliphatic heterocycles. The number of terminal acetylenes is 1. The SMILES string of the molecule is C#Cc1cn(-c2cc(C(=C)CCC)c(CCc3ccccc3)cn2)cc1-c1ccc(CC(C)C)cc1.CC.CN. The lowest BCUT2D eigenvalue weighted by atomic mass is 9.95. The van der Waals surface area contributed by atoms with Crippen molar-refractivity contribution in [3.05, 3.63) is 114 Å². The number of aryl methyl sites for hydroxylation is 2. The Labute approximate surface area is 243 Å². The van der Waals surface area contributed by atoms with Gasteiger partial charge in [0.1, 0.15) is 5.82 Å². The Morgan fingerprint density at radius 3 is 2.25 bits per heavy atom. The molecule has 2 heterocycles. The van der Waals surface area contributed by atoms with Gasteiger partial charge < -0.3 is 10.3 Å². The number of hydrogen-bond acceptors (Lipinski definition) is 2. The van der Waals surface area contributed by atoms with Crippen molar-refractivity contribution in [2.75, 3.05) is 7.05 Å². The van der Waals surface area contributed by atoms with Crippen LogP contribution < -0.4 is 5.73 Å². The molecule has 0 aliphatic rings. The van der Waals surface area contributed by atoms with Crippen LogP contribution in [-0.2, 0) is 19.3 Å². The Morgan fingerprint density at radius 2 is 1.65 bits per heavy atom. The van der Waals surface area contributed by atoms with Gasteiger partial charge in [-0.05, 0) is 78.1 Å². The zero-order valence-corrected chi connectivity index (χ0v) is 25.4. The Kier molecular flexibility index (Phi) is 13.7. The molecule has 2 N–H and O–H groups in total. The van der Waals surface area contributed by atoms with E-state index in [2.05, 4.69) is 110 Å². The minimum Gasteiger partial charge on any atom is -0.333 e. The van der Waals surface area contributed by atoms with Gasteiger partial charge in [0.15, 0.2) is 0 Å². The Balaban J connectivity index is 0.00000134. The molecule has 210 valence electrons. The van der Waals surface area contributed by atoms with E-state index in [1.54, 1.807) is 0 Å². The summed E-state index contributed by atoms with van der Waals surface area (Å²) in [5, 5.41) is 0. The standard InChI is InChI=1S/C34H36N2.C2H6.CH5N/c1-6-11-26(5)32-21-34(35-22-31(32)19-14-27-12-9-8-10-13-27)36-23-29(7-2)33(24-36)30-17-15-28(16-18-30)20-25(3)4;2*1-2/h2,8-10,12-13,15-18,21-25H,5-6,11,14,19-20H2,1,3-4H3;1-2H3;2H2,1H3. The van der Waals surface area contributed by atoms with Crippen LogP contribution in [0.2, 0.25) is 0 Å². The lowest BCUT2D eigenvalue weighted by Crippen LogP contribution is -2.02. The predicted molar refractivity (Wildman–Crippen MR) is 175 cm³/mol. The monoisotopic (exact) mass is 533 g/mol. The van der Waals surface area contributed by atoms with Crippen molar-refractivity contribution in [2.24, 2.45) is 11.7 Å². The van der Waals surface area contributed by atoms with Crippen LogP contribution in [0.25, 0.3) is 22.5 Å². The summed E-state index contributed by atoms with van der Waals surface area (Å²) in [6.07, 6.45) is 17.1. The third-order valence-electron chi connectivity index (χ3n) is 6.59. The fraction of sp³-hybridized carbons (Fsp3) is 0.324. The maximum Gasteiger partial charge on any atom is 0.137 e. The van der Waals surface area contributed by atoms with Crippen LogP contribution in [0.5, 0.6) is 0 Å². The minimum atomic E-state index is 0.636. The first-order valence-corrected chi connectivity index (χ1v) is 14.6. The third-order valence-corrected chi connectivity index (χ3v) is 6.59. The second kappa shape index (κ2) is 17.0. The average Bonchev–Trinajstić information content (AvgIpc) is 3.43. The molecule has 0 aliphatic carbocycles. The quantitative estimate of drug-likeness (QED) is 0.207. The molecule has 0 unspecified atom stereocenters. The van der Waals surface area contributed by atoms with Crippen molar-refractivity contribution in [1.82, 2.24) is 9.55 Å². The van der Waals surface area contributed by atoms with Crippen molar-refractivity contribution in [1.29, 1.82) is 0 Å². The molecule has 2 aromatic heterocycles. The Morgan fingerprint density at radius 1 is 0.975 bits per heavy atom. The third kappa shape index (κ3) is 8.83. The molecule has 0 atom stereocenters. The highest BCUT2D eigenvalue weighted by molar-refractivity contribution is 5.72. The summed E-state index contributed by atoms with van der Waals surface area (Å²) in [6.45, 7) is 15.1. The van der Waals surface area contributed by atoms with Gasteiger partial charge in [-0.15, -0.1) is 6.42 Å². The van der Waals surface area contributed by atoms with Crippen molar-refractivity contribution in [2.45, 2.75) is 66.7 Å². The van der Waals surface area contributed by atoms with Crippen LogP contribution in [-0.4, -0.2) is 16.6 Å². The van der Waals surface area contributed by atoms with Gasteiger partial charge in [-0.2, -0.15) is 0 Å². The van der Waals surface area contributed by atoms with Gasteiger partial charge in [0.05, 0.1) is 5.56 Å². The first kappa shape index (κ1) is 32.3. The summed E-state index contributed by atoms with van der Waals surface area (Å²) in [5.74, 6) is 4.37. The van der Waals surface area contributed by atoms with Crippen molar-refractivity contribution in [3.63, 3.8) is 0 Å². The summed E-state index contributed by atoms with van der Waals surface area (Å²) in [6, 6.07) is 21.5. The number of aromatic nitrogens is 2. The molecule has 4 aromatic rings. The predicted octanol–water partition coefficient (Wildman–Crippen LogP) is 8.92. The van der Waals surface area contributed by atoms with E-state index in [0.29, 0.717) is 5.92 Å². The highest BCUT2D eigenvalue weighted by Gasteiger charge is 2.13. The minimum absolute atomic E-state index is 0.636. The van der Waals surface area contributed by atoms with Crippen LogP contribution in [0.3, 0.4) is 0 Å². The van der Waals surface area contributed by atoms with Gasteiger partial charge in [0.25, 0.3) is 0 Å². The number of allylic oxidation sites excluding steroid dienone is 1. The lowest BCUT2D eigenvalue weighted by molar-refractivity contribution is 0.647. The van der Waals surface area contributed by atoms with E-state index >= 15 is 0 Å². The van der Waals surface area contributed by atoms with Crippen LogP contribution in [0, 0.1) is 18.3 Å². The average molecular weight is 534 g/mol. The molecule has 0 radical (unpaired) electrons. The molecule has 3 heteroatoms. The fourth-order valence-corrected chi connectivity index (χ4v) is 4.73. The molecular formula is C37H47N3. The van der Waals surface area contributed by atoms with Gasteiger partial charge in [-0.25, -0.2) is 4.98 Å². The first-order valence-electron chi connectivity index (χ1n) is 14.6. The molecule has 0 bridgehead atoms. The molecule has 0 fully saturated rings. The molecule has 3 nitrogen and oxygen atoms in total. The molecule has 0 spiro atoms. The molecular weight excluding hydrogens is 486 g/mol. The van der Waals surface area contributed by atoms with E-state index in [-0.39, 0.29) is 0 Å². The molecule has 4 rings (SSSR count). The summed E-state index contributed by atoms with van der Waals surface area (Å²) >= 11 is 0. The smallest absolute Gasteiger partial charge is 0.137 e. The normalized spacial score (nSPS) is 10.2. The number of nitrogens with two attached hydrogens (primary N) is 1. The zero-order chi connectivity index (χ0) is 29.5. The van der Waals surface area contributed by atoms with E-state index in [1.807, 2.05) is 26.2 Å². The first-order chi connectivity index (χ1) is 19.5. The van der Waals surface area contributed by atoms with Crippen molar-refractivity contribution < 1.29 is 0 Å². The maximum atomic E-state index is 5.91. The summed E-state index contributed by atoms with van der Waals surface area (Å²) < 4.78 is 2.05. The molecule has 2 aromatic carbocycles. The van der Waals surface area contributed by atoms with Gasteiger partial charge in [0.2, 0.25) is 0 Å². The second-order valence-corrected chi connectivity index (χ2v) is 9.97. The summed E-state index contributed by atoms with van der Waals surface area (Å²) in [5.41, 5.74) is 13.8. The molecule has 0 amide bonds. The highest BCUT2D eigenvalue weighted by atomic mass is 15.0. The summed E-state index contributed by atoms with van der Waals surface area (Å²) in [7, 11) is 1.50. The zero-order valence-electron chi connectivity index (χ0n) is 25.4. The van der Waals surface area contributed by atoms with Crippen molar-refractivity contribution >= 4 is 5.57 Å². The van der Waals surface area contributed by atoms with E-state index in [9.17, 15) is 0 Å². The molecule has 40 heavy (non-hydrogen) atoms. The molecule has 0 saturated carbocycles. The Bertz CT molecular complexity index is 1350. The van der Waals surface area contributed by atoms with E-state index < -0.39 is 0 Å². The van der Waals surface area contributed by atoms with Crippen LogP contribution >= 0.6 is 0 Å². The van der Waals surface area contributed by atoms with Crippen LogP contribution in [0.15, 0.2) is 85.8 Å². The number of nitrogens with zero attached hydrogens (tertiary/aromatic N) is 2. The van der Waals surface area contributed by atoms with Gasteiger partial charge in [0, 0.05) is 24.2 Å². The number of rotatable bonds is 10. The van der Waals surface area contributed by atoms with E-state index in [1.165, 1.54) is 29.3 Å². The number of hydrogen-bond donors (Lipinski definition) is 1. The van der Waals surface area contributed by atoms with Crippen LogP contribution in [0.4, 0.5) is 0 Å². The Hall–Kier alpha value is -3.87.